The number of amides is 1. The minimum atomic E-state index is -0.282. The SMILES string of the molecule is CSc1cc(C(=O)NCC2=CC3C(=CC=C(/C(N)=C/C=C(/F)C4CCC5(CC5)NCCN4)N3C)C=N2)ccc1C. The number of allylic oxidation sites excluding steroid dienone is 4. The van der Waals surface area contributed by atoms with E-state index in [1.54, 1.807) is 17.8 Å². The van der Waals surface area contributed by atoms with E-state index in [-0.39, 0.29) is 29.4 Å². The van der Waals surface area contributed by atoms with Gasteiger partial charge in [-0.05, 0) is 86.4 Å². The number of likely N-dealkylation sites (N-methyl/N-ethyl adjacent to an activating group) is 1. The topological polar surface area (TPSA) is 94.8 Å². The van der Waals surface area contributed by atoms with Crippen LogP contribution in [0, 0.1) is 6.92 Å². The molecule has 3 aliphatic heterocycles. The molecule has 1 aromatic carbocycles. The van der Waals surface area contributed by atoms with Gasteiger partial charge in [-0.25, -0.2) is 4.39 Å². The standard InChI is InChI=1S/C31H39FN6OS/c1-20-4-5-21(16-29(20)40-3)30(39)36-19-23-17-28-22(18-35-23)6-9-27(38(28)2)25(33)8-7-24(32)26-10-11-31(12-13-31)37-15-14-34-26/h4-9,16-18,26,28,34,37H,10-15,19,33H2,1-3H3,(H,36,39)/b24-7+,25-8-. The molecule has 212 valence electrons. The lowest BCUT2D eigenvalue weighted by molar-refractivity contribution is 0.0956. The Labute approximate surface area is 240 Å². The minimum absolute atomic E-state index is 0.0813. The van der Waals surface area contributed by atoms with E-state index in [1.807, 2.05) is 62.9 Å². The van der Waals surface area contributed by atoms with E-state index in [2.05, 4.69) is 25.8 Å². The molecule has 1 aromatic rings. The fourth-order valence-corrected chi connectivity index (χ4v) is 6.12. The highest BCUT2D eigenvalue weighted by atomic mass is 32.2. The molecule has 1 aliphatic carbocycles. The number of carbonyl (C=O) groups excluding carboxylic acids is 1. The number of thioether (sulfide) groups is 1. The molecule has 3 heterocycles. The molecule has 1 spiro atoms. The summed E-state index contributed by atoms with van der Waals surface area (Å²) < 4.78 is 15.1. The number of fused-ring (bicyclic) bond motifs is 1. The maximum Gasteiger partial charge on any atom is 0.251 e. The van der Waals surface area contributed by atoms with Crippen LogP contribution in [0.1, 0.15) is 41.6 Å². The summed E-state index contributed by atoms with van der Waals surface area (Å²) in [6.45, 7) is 3.97. The van der Waals surface area contributed by atoms with Crippen LogP contribution in [0.15, 0.2) is 87.0 Å². The van der Waals surface area contributed by atoms with Crippen LogP contribution >= 0.6 is 11.8 Å². The van der Waals surface area contributed by atoms with Gasteiger partial charge in [0.1, 0.15) is 5.83 Å². The zero-order valence-corrected chi connectivity index (χ0v) is 24.3. The van der Waals surface area contributed by atoms with Crippen LogP contribution < -0.4 is 21.7 Å². The molecule has 2 atom stereocenters. The number of aliphatic imine (C=N–C) groups is 1. The van der Waals surface area contributed by atoms with Crippen molar-refractivity contribution in [3.8, 4) is 0 Å². The molecule has 9 heteroatoms. The molecule has 5 N–H and O–H groups in total. The summed E-state index contributed by atoms with van der Waals surface area (Å²) in [5, 5.41) is 9.89. The smallest absolute Gasteiger partial charge is 0.251 e. The van der Waals surface area contributed by atoms with Crippen LogP contribution in [0.25, 0.3) is 0 Å². The number of benzene rings is 1. The minimum Gasteiger partial charge on any atom is -0.397 e. The predicted molar refractivity (Wildman–Crippen MR) is 162 cm³/mol. The number of aryl methyl sites for hydroxylation is 1. The number of hydrogen-bond donors (Lipinski definition) is 4. The van der Waals surface area contributed by atoms with Crippen molar-refractivity contribution in [2.24, 2.45) is 10.7 Å². The van der Waals surface area contributed by atoms with E-state index in [1.165, 1.54) is 18.9 Å². The maximum absolute atomic E-state index is 15.1. The molecule has 40 heavy (non-hydrogen) atoms. The maximum atomic E-state index is 15.1. The van der Waals surface area contributed by atoms with Gasteiger partial charge >= 0.3 is 0 Å². The lowest BCUT2D eigenvalue weighted by Gasteiger charge is -2.35. The quantitative estimate of drug-likeness (QED) is 0.295. The molecule has 7 nitrogen and oxygen atoms in total. The van der Waals surface area contributed by atoms with Crippen molar-refractivity contribution in [2.45, 2.75) is 55.1 Å². The second kappa shape index (κ2) is 12.2. The van der Waals surface area contributed by atoms with Gasteiger partial charge < -0.3 is 26.6 Å². The average Bonchev–Trinajstić information content (AvgIpc) is 3.73. The predicted octanol–water partition coefficient (Wildman–Crippen LogP) is 4.11. The van der Waals surface area contributed by atoms with E-state index in [4.69, 9.17) is 5.73 Å². The van der Waals surface area contributed by atoms with Gasteiger partial charge in [0.25, 0.3) is 5.91 Å². The number of hydrogen-bond acceptors (Lipinski definition) is 7. The Balaban J connectivity index is 1.22. The normalized spacial score (nSPS) is 24.4. The van der Waals surface area contributed by atoms with Gasteiger partial charge in [0.15, 0.2) is 0 Å². The number of carbonyl (C=O) groups is 1. The van der Waals surface area contributed by atoms with Gasteiger partial charge in [0.05, 0.1) is 35.7 Å². The molecule has 0 aromatic heterocycles. The third-order valence-electron chi connectivity index (χ3n) is 8.23. The Bertz CT molecular complexity index is 1340. The monoisotopic (exact) mass is 562 g/mol. The van der Waals surface area contributed by atoms with Crippen molar-refractivity contribution in [3.05, 3.63) is 88.2 Å². The van der Waals surface area contributed by atoms with Crippen LogP contribution in [0.5, 0.6) is 0 Å². The first-order chi connectivity index (χ1) is 19.3. The van der Waals surface area contributed by atoms with Crippen LogP contribution in [-0.2, 0) is 0 Å². The van der Waals surface area contributed by atoms with E-state index < -0.39 is 0 Å². The number of rotatable bonds is 7. The third kappa shape index (κ3) is 6.43. The fourth-order valence-electron chi connectivity index (χ4n) is 5.48. The first kappa shape index (κ1) is 28.4. The molecular formula is C31H39FN6OS. The van der Waals surface area contributed by atoms with Gasteiger partial charge in [-0.1, -0.05) is 12.1 Å². The lowest BCUT2D eigenvalue weighted by Crippen LogP contribution is -2.44. The van der Waals surface area contributed by atoms with Crippen molar-refractivity contribution in [2.75, 3.05) is 32.9 Å². The van der Waals surface area contributed by atoms with Crippen molar-refractivity contribution in [1.82, 2.24) is 20.9 Å². The molecule has 2 fully saturated rings. The van der Waals surface area contributed by atoms with Crippen molar-refractivity contribution >= 4 is 23.9 Å². The third-order valence-corrected chi connectivity index (χ3v) is 9.11. The number of nitrogens with two attached hydrogens (primary N) is 1. The highest BCUT2D eigenvalue weighted by Crippen LogP contribution is 2.40. The number of halogens is 1. The summed E-state index contributed by atoms with van der Waals surface area (Å²) in [6.07, 6.45) is 17.1. The van der Waals surface area contributed by atoms with Gasteiger partial charge in [-0.15, -0.1) is 11.8 Å². The Kier molecular flexibility index (Phi) is 8.63. The zero-order chi connectivity index (χ0) is 28.3. The van der Waals surface area contributed by atoms with Crippen molar-refractivity contribution in [3.63, 3.8) is 0 Å². The molecule has 0 radical (unpaired) electrons. The Morgan fingerprint density at radius 3 is 2.88 bits per heavy atom. The molecule has 2 unspecified atom stereocenters. The average molecular weight is 563 g/mol. The fraction of sp³-hybridized carbons (Fsp3) is 0.419. The second-order valence-corrected chi connectivity index (χ2v) is 11.8. The highest BCUT2D eigenvalue weighted by molar-refractivity contribution is 7.98. The number of nitrogens with zero attached hydrogens (tertiary/aromatic N) is 2. The van der Waals surface area contributed by atoms with Crippen LogP contribution in [-0.4, -0.2) is 67.6 Å². The molecule has 1 saturated carbocycles. The van der Waals surface area contributed by atoms with E-state index in [0.717, 1.165) is 53.4 Å². The zero-order valence-electron chi connectivity index (χ0n) is 23.5. The van der Waals surface area contributed by atoms with Gasteiger partial charge in [-0.3, -0.25) is 9.79 Å². The van der Waals surface area contributed by atoms with E-state index in [0.29, 0.717) is 17.8 Å². The van der Waals surface area contributed by atoms with Gasteiger partial charge in [0, 0.05) is 42.3 Å². The highest BCUT2D eigenvalue weighted by Gasteiger charge is 2.42. The van der Waals surface area contributed by atoms with Gasteiger partial charge in [0.2, 0.25) is 0 Å². The molecular weight excluding hydrogens is 523 g/mol. The number of nitrogens with one attached hydrogen (secondary N) is 3. The van der Waals surface area contributed by atoms with E-state index >= 15 is 4.39 Å². The molecule has 1 amide bonds. The Morgan fingerprint density at radius 2 is 2.10 bits per heavy atom. The molecule has 5 rings (SSSR count). The van der Waals surface area contributed by atoms with E-state index in [9.17, 15) is 4.79 Å². The summed E-state index contributed by atoms with van der Waals surface area (Å²) in [6, 6.07) is 5.37. The largest absolute Gasteiger partial charge is 0.397 e. The van der Waals surface area contributed by atoms with Crippen molar-refractivity contribution in [1.29, 1.82) is 0 Å². The molecule has 1 saturated heterocycles. The first-order valence-electron chi connectivity index (χ1n) is 13.9. The Hall–Kier alpha value is -3.14. The van der Waals surface area contributed by atoms with Crippen LogP contribution in [0.2, 0.25) is 0 Å². The summed E-state index contributed by atoms with van der Waals surface area (Å²) in [4.78, 5) is 20.5. The summed E-state index contributed by atoms with van der Waals surface area (Å²) in [7, 11) is 1.96. The van der Waals surface area contributed by atoms with Gasteiger partial charge in [-0.2, -0.15) is 0 Å². The first-order valence-corrected chi connectivity index (χ1v) is 15.1. The van der Waals surface area contributed by atoms with Crippen LogP contribution in [0.4, 0.5) is 4.39 Å². The lowest BCUT2D eigenvalue weighted by atomic mass is 9.97. The summed E-state index contributed by atoms with van der Waals surface area (Å²) in [5.41, 5.74) is 11.6. The molecule has 4 aliphatic rings. The van der Waals surface area contributed by atoms with Crippen LogP contribution in [0.3, 0.4) is 0 Å². The molecule has 0 bridgehead atoms. The summed E-state index contributed by atoms with van der Waals surface area (Å²) >= 11 is 1.63. The summed E-state index contributed by atoms with van der Waals surface area (Å²) in [5.74, 6) is -0.314. The van der Waals surface area contributed by atoms with Crippen molar-refractivity contribution < 1.29 is 9.18 Å². The second-order valence-electron chi connectivity index (χ2n) is 11.0. The Morgan fingerprint density at radius 1 is 1.27 bits per heavy atom.